The van der Waals surface area contributed by atoms with Gasteiger partial charge in [0.25, 0.3) is 0 Å². The summed E-state index contributed by atoms with van der Waals surface area (Å²) in [6, 6.07) is 0.361. The number of nitrogens with one attached hydrogen (secondary N) is 1. The van der Waals surface area contributed by atoms with Gasteiger partial charge >= 0.3 is 0 Å². The Bertz CT molecular complexity index is 272. The van der Waals surface area contributed by atoms with E-state index in [0.717, 1.165) is 19.4 Å². The minimum Gasteiger partial charge on any atom is -0.345 e. The normalized spacial score (nSPS) is 11.1. The number of hydrogen-bond donors (Lipinski definition) is 1. The number of allylic oxidation sites excluding steroid dienone is 1. The molecule has 0 rings (SSSR count). The Kier molecular flexibility index (Phi) is 9.58. The van der Waals surface area contributed by atoms with Crippen molar-refractivity contribution in [1.82, 2.24) is 10.2 Å². The number of hydrogen-bond acceptors (Lipinski definition) is 2. The van der Waals surface area contributed by atoms with Crippen molar-refractivity contribution < 1.29 is 4.79 Å². The lowest BCUT2D eigenvalue weighted by atomic mass is 9.99. The lowest BCUT2D eigenvalue weighted by molar-refractivity contribution is -0.129. The number of unbranched alkanes of at least 4 members (excludes halogenated alkanes) is 2. The lowest BCUT2D eigenvalue weighted by Crippen LogP contribution is -2.38. The van der Waals surface area contributed by atoms with Crippen LogP contribution in [-0.2, 0) is 4.79 Å². The smallest absolute Gasteiger partial charge is 0.236 e. The third-order valence-corrected chi connectivity index (χ3v) is 3.40. The fourth-order valence-electron chi connectivity index (χ4n) is 1.72. The second-order valence-electron chi connectivity index (χ2n) is 5.97. The predicted octanol–water partition coefficient (Wildman–Crippen LogP) is 3.22. The highest BCUT2D eigenvalue weighted by atomic mass is 16.2. The molecule has 3 heteroatoms. The van der Waals surface area contributed by atoms with Crippen LogP contribution in [0.4, 0.5) is 0 Å². The van der Waals surface area contributed by atoms with Crippen molar-refractivity contribution in [3.8, 4) is 0 Å². The largest absolute Gasteiger partial charge is 0.345 e. The van der Waals surface area contributed by atoms with Gasteiger partial charge in [0.1, 0.15) is 0 Å². The Labute approximate surface area is 119 Å². The van der Waals surface area contributed by atoms with Crippen molar-refractivity contribution in [2.24, 2.45) is 5.92 Å². The van der Waals surface area contributed by atoms with Crippen LogP contribution < -0.4 is 5.32 Å². The second-order valence-corrected chi connectivity index (χ2v) is 5.97. The Morgan fingerprint density at radius 1 is 1.16 bits per heavy atom. The third-order valence-electron chi connectivity index (χ3n) is 3.40. The van der Waals surface area contributed by atoms with Gasteiger partial charge in [0.2, 0.25) is 5.91 Å². The van der Waals surface area contributed by atoms with Crippen LogP contribution in [0.15, 0.2) is 12.2 Å². The number of rotatable bonds is 10. The van der Waals surface area contributed by atoms with Crippen molar-refractivity contribution in [1.29, 1.82) is 0 Å². The average molecular weight is 268 g/mol. The van der Waals surface area contributed by atoms with E-state index < -0.39 is 0 Å². The summed E-state index contributed by atoms with van der Waals surface area (Å²) in [5.41, 5.74) is 1.34. The first-order valence-corrected chi connectivity index (χ1v) is 7.49. The summed E-state index contributed by atoms with van der Waals surface area (Å²) in [6.45, 7) is 13.9. The van der Waals surface area contributed by atoms with Crippen LogP contribution in [0.2, 0.25) is 0 Å². The molecule has 0 aliphatic heterocycles. The van der Waals surface area contributed by atoms with Crippen LogP contribution in [0.25, 0.3) is 0 Å². The van der Waals surface area contributed by atoms with Gasteiger partial charge in [-0.25, -0.2) is 0 Å². The molecule has 0 aliphatic carbocycles. The average Bonchev–Trinajstić information content (AvgIpc) is 2.34. The number of amides is 1. The van der Waals surface area contributed by atoms with Gasteiger partial charge in [0, 0.05) is 19.6 Å². The monoisotopic (exact) mass is 268 g/mol. The van der Waals surface area contributed by atoms with E-state index in [4.69, 9.17) is 0 Å². The Morgan fingerprint density at radius 3 is 2.32 bits per heavy atom. The molecule has 0 saturated carbocycles. The van der Waals surface area contributed by atoms with E-state index in [0.29, 0.717) is 18.5 Å². The van der Waals surface area contributed by atoms with Gasteiger partial charge < -0.3 is 10.2 Å². The molecule has 0 atom stereocenters. The molecule has 0 aliphatic rings. The molecule has 3 nitrogen and oxygen atoms in total. The predicted molar refractivity (Wildman–Crippen MR) is 83.2 cm³/mol. The molecule has 0 fully saturated rings. The van der Waals surface area contributed by atoms with Crippen molar-refractivity contribution in [3.63, 3.8) is 0 Å². The first-order chi connectivity index (χ1) is 8.84. The lowest BCUT2D eigenvalue weighted by Gasteiger charge is -2.18. The van der Waals surface area contributed by atoms with Gasteiger partial charge in [-0.05, 0) is 25.2 Å². The van der Waals surface area contributed by atoms with Crippen LogP contribution in [0.1, 0.15) is 53.4 Å². The zero-order valence-electron chi connectivity index (χ0n) is 13.5. The van der Waals surface area contributed by atoms with Crippen molar-refractivity contribution in [2.45, 2.75) is 59.4 Å². The van der Waals surface area contributed by atoms with Crippen molar-refractivity contribution in [3.05, 3.63) is 12.2 Å². The molecule has 0 unspecified atom stereocenters. The summed E-state index contributed by atoms with van der Waals surface area (Å²) in [7, 11) is 1.89. The summed E-state index contributed by atoms with van der Waals surface area (Å²) < 4.78 is 0. The van der Waals surface area contributed by atoms with Gasteiger partial charge in [-0.15, -0.1) is 0 Å². The van der Waals surface area contributed by atoms with Crippen molar-refractivity contribution >= 4 is 5.91 Å². The molecule has 19 heavy (non-hydrogen) atoms. The molecule has 0 spiro atoms. The molecule has 1 amide bonds. The van der Waals surface area contributed by atoms with Crippen LogP contribution >= 0.6 is 0 Å². The van der Waals surface area contributed by atoms with Gasteiger partial charge in [-0.1, -0.05) is 46.3 Å². The molecule has 0 aromatic heterocycles. The molecule has 0 bridgehead atoms. The number of carbonyl (C=O) groups excluding carboxylic acids is 1. The SMILES string of the molecule is C=C(CCCCCN(C)C(=O)CNC(C)C)C(C)C. The zero-order valence-corrected chi connectivity index (χ0v) is 13.5. The molecule has 0 heterocycles. The highest BCUT2D eigenvalue weighted by Crippen LogP contribution is 2.15. The van der Waals surface area contributed by atoms with Gasteiger partial charge in [0.05, 0.1) is 6.54 Å². The van der Waals surface area contributed by atoms with E-state index in [9.17, 15) is 4.79 Å². The molecular formula is C16H32N2O. The Hall–Kier alpha value is -0.830. The van der Waals surface area contributed by atoms with E-state index in [1.807, 2.05) is 11.9 Å². The van der Waals surface area contributed by atoms with Crippen LogP contribution in [0.3, 0.4) is 0 Å². The Morgan fingerprint density at radius 2 is 1.79 bits per heavy atom. The Balaban J connectivity index is 3.60. The van der Waals surface area contributed by atoms with Gasteiger partial charge in [0.15, 0.2) is 0 Å². The van der Waals surface area contributed by atoms with Crippen LogP contribution in [0, 0.1) is 5.92 Å². The summed E-state index contributed by atoms with van der Waals surface area (Å²) in [6.07, 6.45) is 4.55. The van der Waals surface area contributed by atoms with Crippen LogP contribution in [-0.4, -0.2) is 37.0 Å². The first kappa shape index (κ1) is 18.2. The third kappa shape index (κ3) is 9.71. The maximum absolute atomic E-state index is 11.8. The molecule has 112 valence electrons. The van der Waals surface area contributed by atoms with E-state index in [-0.39, 0.29) is 5.91 Å². The van der Waals surface area contributed by atoms with E-state index in [1.165, 1.54) is 18.4 Å². The zero-order chi connectivity index (χ0) is 14.8. The maximum Gasteiger partial charge on any atom is 0.236 e. The minimum atomic E-state index is 0.181. The van der Waals surface area contributed by atoms with Gasteiger partial charge in [-0.2, -0.15) is 0 Å². The van der Waals surface area contributed by atoms with Crippen LogP contribution in [0.5, 0.6) is 0 Å². The first-order valence-electron chi connectivity index (χ1n) is 7.49. The fourth-order valence-corrected chi connectivity index (χ4v) is 1.72. The highest BCUT2D eigenvalue weighted by molar-refractivity contribution is 5.77. The van der Waals surface area contributed by atoms with Crippen molar-refractivity contribution in [2.75, 3.05) is 20.1 Å². The summed E-state index contributed by atoms with van der Waals surface area (Å²) in [5.74, 6) is 0.770. The number of carbonyl (C=O) groups is 1. The highest BCUT2D eigenvalue weighted by Gasteiger charge is 2.08. The van der Waals surface area contributed by atoms with E-state index >= 15 is 0 Å². The molecular weight excluding hydrogens is 236 g/mol. The second kappa shape index (κ2) is 10.0. The minimum absolute atomic E-state index is 0.181. The standard InChI is InChI=1S/C16H32N2O/c1-13(2)15(5)10-8-7-9-11-18(6)16(19)12-17-14(3)4/h13-14,17H,5,7-12H2,1-4,6H3. The molecule has 0 radical (unpaired) electrons. The fraction of sp³-hybridized carbons (Fsp3) is 0.812. The quantitative estimate of drug-likeness (QED) is 0.487. The number of nitrogens with zero attached hydrogens (tertiary/aromatic N) is 1. The summed E-state index contributed by atoms with van der Waals surface area (Å²) in [5, 5.41) is 3.15. The topological polar surface area (TPSA) is 32.3 Å². The maximum atomic E-state index is 11.8. The van der Waals surface area contributed by atoms with E-state index in [2.05, 4.69) is 39.6 Å². The van der Waals surface area contributed by atoms with Gasteiger partial charge in [-0.3, -0.25) is 4.79 Å². The molecule has 0 aromatic carbocycles. The summed E-state index contributed by atoms with van der Waals surface area (Å²) in [4.78, 5) is 13.6. The summed E-state index contributed by atoms with van der Waals surface area (Å²) >= 11 is 0. The molecule has 0 saturated heterocycles. The molecule has 0 aromatic rings. The molecule has 1 N–H and O–H groups in total. The number of likely N-dealkylation sites (N-methyl/N-ethyl adjacent to an activating group) is 1. The van der Waals surface area contributed by atoms with E-state index in [1.54, 1.807) is 0 Å².